The Labute approximate surface area is 185 Å². The molecule has 0 fully saturated rings. The van der Waals surface area contributed by atoms with Gasteiger partial charge in [0.25, 0.3) is 0 Å². The maximum atomic E-state index is 2.40. The molecule has 0 heterocycles. The maximum absolute atomic E-state index is 2.40. The highest BCUT2D eigenvalue weighted by atomic mass is 32.2. The van der Waals surface area contributed by atoms with Gasteiger partial charge < -0.3 is 0 Å². The predicted octanol–water partition coefficient (Wildman–Crippen LogP) is 7.09. The molecule has 0 aromatic heterocycles. The number of nitrogens with zero attached hydrogens (tertiary/aromatic N) is 1. The second-order valence-corrected chi connectivity index (χ2v) is 9.44. The van der Waals surface area contributed by atoms with Crippen molar-refractivity contribution in [1.29, 1.82) is 0 Å². The third-order valence-corrected chi connectivity index (χ3v) is 7.31. The molecule has 0 bridgehead atoms. The van der Waals surface area contributed by atoms with Gasteiger partial charge in [0.2, 0.25) is 0 Å². The molecule has 0 radical (unpaired) electrons. The highest BCUT2D eigenvalue weighted by molar-refractivity contribution is 7.98. The Morgan fingerprint density at radius 2 is 1.23 bits per heavy atom. The molecule has 2 heteroatoms. The van der Waals surface area contributed by atoms with Gasteiger partial charge in [0.1, 0.15) is 0 Å². The van der Waals surface area contributed by atoms with Gasteiger partial charge >= 0.3 is 0 Å². The fourth-order valence-corrected chi connectivity index (χ4v) is 6.04. The lowest BCUT2D eigenvalue weighted by molar-refractivity contribution is 0.410. The second kappa shape index (κ2) is 9.51. The number of benzene rings is 3. The van der Waals surface area contributed by atoms with Crippen LogP contribution in [0.5, 0.6) is 0 Å². The molecule has 152 valence electrons. The minimum absolute atomic E-state index is 0.216. The van der Waals surface area contributed by atoms with Gasteiger partial charge in [-0.05, 0) is 29.7 Å². The van der Waals surface area contributed by atoms with E-state index in [1.807, 2.05) is 11.9 Å². The van der Waals surface area contributed by atoms with E-state index in [4.69, 9.17) is 0 Å². The lowest BCUT2D eigenvalue weighted by atomic mass is 9.72. The van der Waals surface area contributed by atoms with Crippen LogP contribution >= 0.6 is 11.9 Å². The molecule has 2 unspecified atom stereocenters. The third kappa shape index (κ3) is 4.30. The van der Waals surface area contributed by atoms with Crippen LogP contribution in [0.25, 0.3) is 0 Å². The number of rotatable bonds is 7. The zero-order valence-corrected chi connectivity index (χ0v) is 18.5. The standard InChI is InChI=1S/C28H29NS/c1-23-14-12-13-21-27(23)28(25-17-8-4-9-18-25,26-19-10-5-11-20-26)30-29(2)22-24-15-6-3-7-16-24/h3-21,23,27H,22H2,1-2H3. The first kappa shape index (κ1) is 20.7. The van der Waals surface area contributed by atoms with Gasteiger partial charge in [-0.25, -0.2) is 4.31 Å². The first-order valence-corrected chi connectivity index (χ1v) is 11.4. The Bertz CT molecular complexity index is 939. The molecule has 2 atom stereocenters. The number of allylic oxidation sites excluding steroid dienone is 4. The fraction of sp³-hybridized carbons (Fsp3) is 0.214. The summed E-state index contributed by atoms with van der Waals surface area (Å²) in [5.41, 5.74) is 4.02. The molecular formula is C28H29NS. The van der Waals surface area contributed by atoms with E-state index in [0.29, 0.717) is 11.8 Å². The van der Waals surface area contributed by atoms with E-state index in [9.17, 15) is 0 Å². The van der Waals surface area contributed by atoms with Crippen LogP contribution in [0, 0.1) is 11.8 Å². The molecule has 0 N–H and O–H groups in total. The topological polar surface area (TPSA) is 3.24 Å². The summed E-state index contributed by atoms with van der Waals surface area (Å²) in [6.07, 6.45) is 9.13. The van der Waals surface area contributed by atoms with Gasteiger partial charge in [-0.3, -0.25) is 0 Å². The molecule has 0 saturated carbocycles. The molecule has 0 saturated heterocycles. The van der Waals surface area contributed by atoms with Gasteiger partial charge in [0.15, 0.2) is 0 Å². The zero-order chi connectivity index (χ0) is 20.8. The van der Waals surface area contributed by atoms with Crippen LogP contribution < -0.4 is 0 Å². The van der Waals surface area contributed by atoms with Gasteiger partial charge in [-0.1, -0.05) is 134 Å². The monoisotopic (exact) mass is 411 g/mol. The summed E-state index contributed by atoms with van der Waals surface area (Å²) in [5.74, 6) is 0.781. The second-order valence-electron chi connectivity index (χ2n) is 7.99. The van der Waals surface area contributed by atoms with Crippen LogP contribution in [0.1, 0.15) is 23.6 Å². The summed E-state index contributed by atoms with van der Waals surface area (Å²) in [6, 6.07) is 32.7. The third-order valence-electron chi connectivity index (χ3n) is 5.83. The number of hydrogen-bond donors (Lipinski definition) is 0. The van der Waals surface area contributed by atoms with Crippen LogP contribution in [-0.2, 0) is 11.3 Å². The quantitative estimate of drug-likeness (QED) is 0.382. The van der Waals surface area contributed by atoms with Crippen molar-refractivity contribution in [3.05, 3.63) is 132 Å². The van der Waals surface area contributed by atoms with Crippen molar-refractivity contribution >= 4 is 11.9 Å². The average Bonchev–Trinajstić information content (AvgIpc) is 2.80. The summed E-state index contributed by atoms with van der Waals surface area (Å²) in [6.45, 7) is 3.23. The summed E-state index contributed by atoms with van der Waals surface area (Å²) in [4.78, 5) is 0. The van der Waals surface area contributed by atoms with E-state index in [2.05, 4.69) is 134 Å². The Hall–Kier alpha value is -2.55. The summed E-state index contributed by atoms with van der Waals surface area (Å²) < 4.78 is 2.18. The Kier molecular flexibility index (Phi) is 6.56. The van der Waals surface area contributed by atoms with Crippen molar-refractivity contribution in [2.24, 2.45) is 11.8 Å². The average molecular weight is 412 g/mol. The fourth-order valence-electron chi connectivity index (χ4n) is 4.43. The molecule has 1 aliphatic carbocycles. The smallest absolute Gasteiger partial charge is 0.0872 e. The summed E-state index contributed by atoms with van der Waals surface area (Å²) in [5, 5.41) is 0. The summed E-state index contributed by atoms with van der Waals surface area (Å²) in [7, 11) is 2.21. The van der Waals surface area contributed by atoms with Gasteiger partial charge in [-0.15, -0.1) is 0 Å². The first-order valence-electron chi connectivity index (χ1n) is 10.6. The SMILES string of the molecule is CC1C=CC=CC1C(SN(C)Cc1ccccc1)(c1ccccc1)c1ccccc1. The molecule has 3 aromatic carbocycles. The molecule has 4 rings (SSSR count). The first-order chi connectivity index (χ1) is 14.7. The van der Waals surface area contributed by atoms with Gasteiger partial charge in [-0.2, -0.15) is 0 Å². The Morgan fingerprint density at radius 3 is 1.77 bits per heavy atom. The molecule has 1 nitrogen and oxygen atoms in total. The van der Waals surface area contributed by atoms with E-state index in [1.165, 1.54) is 16.7 Å². The zero-order valence-electron chi connectivity index (χ0n) is 17.7. The van der Waals surface area contributed by atoms with Crippen molar-refractivity contribution < 1.29 is 0 Å². The normalized spacial score (nSPS) is 18.6. The van der Waals surface area contributed by atoms with Crippen molar-refractivity contribution in [3.8, 4) is 0 Å². The lowest BCUT2D eigenvalue weighted by Gasteiger charge is -2.44. The van der Waals surface area contributed by atoms with Crippen molar-refractivity contribution in [3.63, 3.8) is 0 Å². The van der Waals surface area contributed by atoms with Crippen molar-refractivity contribution in [2.75, 3.05) is 7.05 Å². The van der Waals surface area contributed by atoms with Crippen LogP contribution in [-0.4, -0.2) is 11.4 Å². The van der Waals surface area contributed by atoms with E-state index < -0.39 is 0 Å². The van der Waals surface area contributed by atoms with Gasteiger partial charge in [0, 0.05) is 12.5 Å². The molecule has 0 aliphatic heterocycles. The van der Waals surface area contributed by atoms with Crippen LogP contribution in [0.2, 0.25) is 0 Å². The largest absolute Gasteiger partial charge is 0.248 e. The van der Waals surface area contributed by atoms with Crippen LogP contribution in [0.15, 0.2) is 115 Å². The lowest BCUT2D eigenvalue weighted by Crippen LogP contribution is -2.39. The molecule has 0 spiro atoms. The highest BCUT2D eigenvalue weighted by Gasteiger charge is 2.45. The van der Waals surface area contributed by atoms with Crippen molar-refractivity contribution in [2.45, 2.75) is 18.2 Å². The molecule has 1 aliphatic rings. The highest BCUT2D eigenvalue weighted by Crippen LogP contribution is 2.53. The number of hydrogen-bond acceptors (Lipinski definition) is 2. The predicted molar refractivity (Wildman–Crippen MR) is 130 cm³/mol. The van der Waals surface area contributed by atoms with Crippen LogP contribution in [0.4, 0.5) is 0 Å². The molecule has 30 heavy (non-hydrogen) atoms. The van der Waals surface area contributed by atoms with Gasteiger partial charge in [0.05, 0.1) is 4.75 Å². The maximum Gasteiger partial charge on any atom is 0.0872 e. The van der Waals surface area contributed by atoms with E-state index >= 15 is 0 Å². The minimum atomic E-state index is -0.216. The minimum Gasteiger partial charge on any atom is -0.248 e. The Balaban J connectivity index is 1.82. The molecule has 0 amide bonds. The summed E-state index contributed by atoms with van der Waals surface area (Å²) >= 11 is 1.95. The molecular weight excluding hydrogens is 382 g/mol. The van der Waals surface area contributed by atoms with E-state index in [1.54, 1.807) is 0 Å². The Morgan fingerprint density at radius 1 is 0.733 bits per heavy atom. The van der Waals surface area contributed by atoms with E-state index in [0.717, 1.165) is 6.54 Å². The van der Waals surface area contributed by atoms with Crippen molar-refractivity contribution in [1.82, 2.24) is 4.31 Å². The molecule has 3 aromatic rings. The van der Waals surface area contributed by atoms with E-state index in [-0.39, 0.29) is 4.75 Å². The van der Waals surface area contributed by atoms with Crippen LogP contribution in [0.3, 0.4) is 0 Å².